The lowest BCUT2D eigenvalue weighted by Crippen LogP contribution is -2.38. The van der Waals surface area contributed by atoms with E-state index in [2.05, 4.69) is 10.1 Å². The number of alkyl halides is 3. The Labute approximate surface area is 147 Å². The first-order chi connectivity index (χ1) is 12.2. The van der Waals surface area contributed by atoms with Crippen molar-refractivity contribution < 1.29 is 26.0 Å². The van der Waals surface area contributed by atoms with Gasteiger partial charge in [0.2, 0.25) is 0 Å². The van der Waals surface area contributed by atoms with E-state index in [-0.39, 0.29) is 11.6 Å². The Hall–Kier alpha value is -2.17. The van der Waals surface area contributed by atoms with Gasteiger partial charge in [-0.2, -0.15) is 18.3 Å². The zero-order chi connectivity index (χ0) is 18.9. The number of rotatable bonds is 4. The molecular formula is C15H16F4N4O2S. The van der Waals surface area contributed by atoms with Gasteiger partial charge in [0.15, 0.2) is 0 Å². The molecule has 1 aliphatic heterocycles. The summed E-state index contributed by atoms with van der Waals surface area (Å²) in [6.45, 7) is 1.24. The number of aromatic nitrogens is 3. The number of sulfone groups is 1. The molecule has 0 radical (unpaired) electrons. The zero-order valence-corrected chi connectivity index (χ0v) is 14.3. The number of benzene rings is 1. The van der Waals surface area contributed by atoms with Crippen LogP contribution in [0, 0.1) is 11.7 Å². The van der Waals surface area contributed by atoms with Gasteiger partial charge in [-0.3, -0.25) is 4.68 Å². The quantitative estimate of drug-likeness (QED) is 0.749. The van der Waals surface area contributed by atoms with Gasteiger partial charge < -0.3 is 4.90 Å². The molecule has 0 saturated carbocycles. The van der Waals surface area contributed by atoms with Gasteiger partial charge in [0.25, 0.3) is 9.84 Å². The Kier molecular flexibility index (Phi) is 4.91. The van der Waals surface area contributed by atoms with Crippen LogP contribution in [0.3, 0.4) is 0 Å². The molecule has 0 spiro atoms. The molecule has 2 aromatic rings. The topological polar surface area (TPSA) is 68.1 Å². The number of nitrogens with zero attached hydrogens (tertiary/aromatic N) is 4. The summed E-state index contributed by atoms with van der Waals surface area (Å²) in [7, 11) is -5.66. The molecule has 1 unspecified atom stereocenters. The maximum atomic E-state index is 13.5. The van der Waals surface area contributed by atoms with Crippen molar-refractivity contribution in [3.05, 3.63) is 36.7 Å². The fourth-order valence-electron chi connectivity index (χ4n) is 3.11. The second kappa shape index (κ2) is 6.86. The smallest absolute Gasteiger partial charge is 0.370 e. The minimum Gasteiger partial charge on any atom is -0.370 e. The summed E-state index contributed by atoms with van der Waals surface area (Å²) in [4.78, 5) is 4.35. The van der Waals surface area contributed by atoms with Crippen LogP contribution in [0.1, 0.15) is 12.8 Å². The van der Waals surface area contributed by atoms with Crippen LogP contribution in [0.15, 0.2) is 35.7 Å². The van der Waals surface area contributed by atoms with Gasteiger partial charge in [-0.15, -0.1) is 0 Å². The van der Waals surface area contributed by atoms with Crippen molar-refractivity contribution in [2.75, 3.05) is 18.0 Å². The molecule has 1 saturated heterocycles. The van der Waals surface area contributed by atoms with Gasteiger partial charge in [0, 0.05) is 19.6 Å². The molecule has 1 aliphatic rings. The highest BCUT2D eigenvalue weighted by Crippen LogP contribution is 2.37. The van der Waals surface area contributed by atoms with Crippen molar-refractivity contribution in [3.63, 3.8) is 0 Å². The third-order valence-electron chi connectivity index (χ3n) is 4.29. The van der Waals surface area contributed by atoms with E-state index in [1.165, 1.54) is 12.7 Å². The van der Waals surface area contributed by atoms with Crippen LogP contribution >= 0.6 is 0 Å². The molecule has 11 heteroatoms. The van der Waals surface area contributed by atoms with Crippen molar-refractivity contribution in [2.24, 2.45) is 5.92 Å². The Balaban J connectivity index is 1.91. The molecule has 1 fully saturated rings. The normalized spacial score (nSPS) is 18.9. The first kappa shape index (κ1) is 18.6. The SMILES string of the molecule is O=S(=O)(c1cc(F)ccc1N1CCCC(Cn2cncn2)C1)C(F)(F)F. The van der Waals surface area contributed by atoms with Gasteiger partial charge in [-0.1, -0.05) is 0 Å². The maximum absolute atomic E-state index is 13.5. The van der Waals surface area contributed by atoms with Crippen molar-refractivity contribution in [1.29, 1.82) is 0 Å². The zero-order valence-electron chi connectivity index (χ0n) is 13.5. The van der Waals surface area contributed by atoms with E-state index in [0.717, 1.165) is 18.6 Å². The van der Waals surface area contributed by atoms with Crippen LogP contribution in [0.2, 0.25) is 0 Å². The molecule has 6 nitrogen and oxygen atoms in total. The van der Waals surface area contributed by atoms with Crippen LogP contribution in [0.5, 0.6) is 0 Å². The van der Waals surface area contributed by atoms with E-state index in [1.807, 2.05) is 0 Å². The molecule has 3 rings (SSSR count). The maximum Gasteiger partial charge on any atom is 0.501 e. The minimum absolute atomic E-state index is 0.0527. The van der Waals surface area contributed by atoms with E-state index in [9.17, 15) is 26.0 Å². The summed E-state index contributed by atoms with van der Waals surface area (Å²) in [5.41, 5.74) is -5.63. The summed E-state index contributed by atoms with van der Waals surface area (Å²) in [6, 6.07) is 2.48. The summed E-state index contributed by atoms with van der Waals surface area (Å²) in [5.74, 6) is -0.982. The van der Waals surface area contributed by atoms with Gasteiger partial charge in [0.1, 0.15) is 23.4 Å². The lowest BCUT2D eigenvalue weighted by atomic mass is 9.97. The summed E-state index contributed by atoms with van der Waals surface area (Å²) >= 11 is 0. The molecule has 0 amide bonds. The monoisotopic (exact) mass is 392 g/mol. The first-order valence-corrected chi connectivity index (χ1v) is 9.35. The third kappa shape index (κ3) is 3.67. The molecular weight excluding hydrogens is 376 g/mol. The van der Waals surface area contributed by atoms with Crippen molar-refractivity contribution in [1.82, 2.24) is 14.8 Å². The number of anilines is 1. The molecule has 1 atom stereocenters. The standard InChI is InChI=1S/C15H16F4N4O2S/c16-12-3-4-13(14(6-12)26(24,25)15(17,18)19)22-5-1-2-11(7-22)8-23-10-20-9-21-23/h3-4,6,9-11H,1-2,5,7-8H2. The van der Waals surface area contributed by atoms with Gasteiger partial charge in [-0.05, 0) is 37.0 Å². The summed E-state index contributed by atoms with van der Waals surface area (Å²) in [5, 5.41) is 4.00. The minimum atomic E-state index is -5.66. The molecule has 142 valence electrons. The molecule has 2 heterocycles. The molecule has 0 bridgehead atoms. The predicted molar refractivity (Wildman–Crippen MR) is 84.6 cm³/mol. The van der Waals surface area contributed by atoms with Crippen LogP contribution < -0.4 is 4.90 Å². The van der Waals surface area contributed by atoms with E-state index in [4.69, 9.17) is 0 Å². The fraction of sp³-hybridized carbons (Fsp3) is 0.467. The average molecular weight is 392 g/mol. The lowest BCUT2D eigenvalue weighted by molar-refractivity contribution is -0.0435. The lowest BCUT2D eigenvalue weighted by Gasteiger charge is -2.35. The fourth-order valence-corrected chi connectivity index (χ4v) is 4.10. The van der Waals surface area contributed by atoms with Crippen LogP contribution in [0.4, 0.5) is 23.2 Å². The Bertz CT molecular complexity index is 868. The predicted octanol–water partition coefficient (Wildman–Crippen LogP) is 2.63. The third-order valence-corrected chi connectivity index (χ3v) is 5.80. The molecule has 1 aromatic carbocycles. The largest absolute Gasteiger partial charge is 0.501 e. The highest BCUT2D eigenvalue weighted by Gasteiger charge is 2.48. The van der Waals surface area contributed by atoms with Crippen molar-refractivity contribution in [2.45, 2.75) is 29.8 Å². The highest BCUT2D eigenvalue weighted by molar-refractivity contribution is 7.92. The van der Waals surface area contributed by atoms with E-state index in [0.29, 0.717) is 32.1 Å². The van der Waals surface area contributed by atoms with Crippen molar-refractivity contribution >= 4 is 15.5 Å². The van der Waals surface area contributed by atoms with Gasteiger partial charge in [0.05, 0.1) is 5.69 Å². The van der Waals surface area contributed by atoms with E-state index < -0.39 is 26.1 Å². The van der Waals surface area contributed by atoms with Crippen molar-refractivity contribution in [3.8, 4) is 0 Å². The number of hydrogen-bond acceptors (Lipinski definition) is 5. The summed E-state index contributed by atoms with van der Waals surface area (Å²) in [6.07, 6.45) is 4.41. The number of halogens is 4. The van der Waals surface area contributed by atoms with E-state index in [1.54, 1.807) is 9.58 Å². The first-order valence-electron chi connectivity index (χ1n) is 7.87. The summed E-state index contributed by atoms with van der Waals surface area (Å²) < 4.78 is 77.8. The second-order valence-corrected chi connectivity index (χ2v) is 8.04. The van der Waals surface area contributed by atoms with Crippen LogP contribution in [-0.2, 0) is 16.4 Å². The Morgan fingerprint density at radius 2 is 2.04 bits per heavy atom. The number of piperidine rings is 1. The molecule has 0 aliphatic carbocycles. The average Bonchev–Trinajstić information content (AvgIpc) is 3.07. The second-order valence-electron chi connectivity index (χ2n) is 6.13. The molecule has 0 N–H and O–H groups in total. The van der Waals surface area contributed by atoms with E-state index >= 15 is 0 Å². The van der Waals surface area contributed by atoms with Gasteiger partial charge in [-0.25, -0.2) is 17.8 Å². The highest BCUT2D eigenvalue weighted by atomic mass is 32.2. The van der Waals surface area contributed by atoms with Gasteiger partial charge >= 0.3 is 5.51 Å². The van der Waals surface area contributed by atoms with Crippen LogP contribution in [0.25, 0.3) is 0 Å². The number of hydrogen-bond donors (Lipinski definition) is 0. The Morgan fingerprint density at radius 3 is 2.69 bits per heavy atom. The molecule has 1 aromatic heterocycles. The molecule has 26 heavy (non-hydrogen) atoms. The van der Waals surface area contributed by atoms with Crippen LogP contribution in [-0.4, -0.2) is 41.8 Å². The Morgan fingerprint density at radius 1 is 1.27 bits per heavy atom.